The van der Waals surface area contributed by atoms with E-state index in [-0.39, 0.29) is 0 Å². The van der Waals surface area contributed by atoms with Crippen LogP contribution in [0.1, 0.15) is 17.2 Å². The fourth-order valence-electron chi connectivity index (χ4n) is 2.21. The monoisotopic (exact) mass is 314 g/mol. The van der Waals surface area contributed by atoms with E-state index in [0.717, 1.165) is 15.6 Å². The molecule has 2 aromatic carbocycles. The number of hydrogen-bond acceptors (Lipinski definition) is 4. The van der Waals surface area contributed by atoms with Crippen molar-refractivity contribution in [3.8, 4) is 0 Å². The van der Waals surface area contributed by atoms with E-state index in [2.05, 4.69) is 59.7 Å². The molecule has 21 heavy (non-hydrogen) atoms. The van der Waals surface area contributed by atoms with Crippen molar-refractivity contribution in [3.05, 3.63) is 59.7 Å². The highest BCUT2D eigenvalue weighted by molar-refractivity contribution is 8.01. The van der Waals surface area contributed by atoms with Gasteiger partial charge < -0.3 is 5.32 Å². The Morgan fingerprint density at radius 3 is 2.62 bits per heavy atom. The molecule has 4 heteroatoms. The second kappa shape index (κ2) is 6.60. The van der Waals surface area contributed by atoms with Gasteiger partial charge in [-0.15, -0.1) is 11.3 Å². The Balaban J connectivity index is 1.71. The van der Waals surface area contributed by atoms with Gasteiger partial charge in [-0.25, -0.2) is 4.98 Å². The summed E-state index contributed by atoms with van der Waals surface area (Å²) in [5, 5.41) is 3.40. The number of aromatic nitrogens is 1. The smallest absolute Gasteiger partial charge is 0.151 e. The lowest BCUT2D eigenvalue weighted by Crippen LogP contribution is -2.18. The van der Waals surface area contributed by atoms with Crippen LogP contribution in [0.15, 0.2) is 52.9 Å². The average molecular weight is 314 g/mol. The number of fused-ring (bicyclic) bond motifs is 1. The number of thiazole rings is 1. The van der Waals surface area contributed by atoms with Crippen molar-refractivity contribution in [2.75, 3.05) is 12.8 Å². The molecule has 0 saturated carbocycles. The van der Waals surface area contributed by atoms with Crippen molar-refractivity contribution in [1.82, 2.24) is 10.3 Å². The number of hydrogen-bond donors (Lipinski definition) is 1. The third-order valence-electron chi connectivity index (χ3n) is 3.48. The van der Waals surface area contributed by atoms with Crippen molar-refractivity contribution in [2.45, 2.75) is 17.3 Å². The molecule has 0 aliphatic heterocycles. The summed E-state index contributed by atoms with van der Waals surface area (Å²) in [6, 6.07) is 17.4. The van der Waals surface area contributed by atoms with Crippen molar-refractivity contribution in [3.63, 3.8) is 0 Å². The molecule has 0 saturated heterocycles. The Bertz CT molecular complexity index is 686. The fourth-order valence-corrected chi connectivity index (χ4v) is 4.45. The first-order valence-corrected chi connectivity index (χ1v) is 8.78. The number of benzene rings is 2. The Kier molecular flexibility index (Phi) is 4.58. The molecule has 0 aliphatic rings. The van der Waals surface area contributed by atoms with E-state index >= 15 is 0 Å². The summed E-state index contributed by atoms with van der Waals surface area (Å²) in [5.74, 6) is 0.985. The molecule has 1 aromatic heterocycles. The topological polar surface area (TPSA) is 24.9 Å². The zero-order valence-electron chi connectivity index (χ0n) is 12.2. The van der Waals surface area contributed by atoms with E-state index in [0.29, 0.717) is 6.04 Å². The zero-order chi connectivity index (χ0) is 14.7. The number of nitrogens with one attached hydrogen (secondary N) is 1. The Morgan fingerprint density at radius 2 is 1.90 bits per heavy atom. The van der Waals surface area contributed by atoms with Gasteiger partial charge in [-0.2, -0.15) is 0 Å². The molecule has 1 unspecified atom stereocenters. The van der Waals surface area contributed by atoms with Gasteiger partial charge >= 0.3 is 0 Å². The quantitative estimate of drug-likeness (QED) is 0.693. The van der Waals surface area contributed by atoms with Gasteiger partial charge in [0.15, 0.2) is 4.34 Å². The fraction of sp³-hybridized carbons (Fsp3) is 0.235. The minimum absolute atomic E-state index is 0.350. The molecule has 1 atom stereocenters. The lowest BCUT2D eigenvalue weighted by molar-refractivity contribution is 0.661. The summed E-state index contributed by atoms with van der Waals surface area (Å²) in [6.07, 6.45) is 0. The maximum Gasteiger partial charge on any atom is 0.151 e. The molecular formula is C17H18N2S2. The maximum absolute atomic E-state index is 4.68. The predicted octanol–water partition coefficient (Wildman–Crippen LogP) is 4.66. The molecule has 3 rings (SSSR count). The molecule has 2 nitrogen and oxygen atoms in total. The lowest BCUT2D eigenvalue weighted by atomic mass is 10.1. The molecule has 1 heterocycles. The van der Waals surface area contributed by atoms with Gasteiger partial charge in [0.25, 0.3) is 0 Å². The molecule has 1 N–H and O–H groups in total. The lowest BCUT2D eigenvalue weighted by Gasteiger charge is -2.15. The highest BCUT2D eigenvalue weighted by Crippen LogP contribution is 2.31. The summed E-state index contributed by atoms with van der Waals surface area (Å²) in [7, 11) is 2.02. The van der Waals surface area contributed by atoms with E-state index in [4.69, 9.17) is 0 Å². The first kappa shape index (κ1) is 14.6. The van der Waals surface area contributed by atoms with E-state index in [1.807, 2.05) is 24.9 Å². The van der Waals surface area contributed by atoms with Crippen LogP contribution in [0.4, 0.5) is 0 Å². The minimum atomic E-state index is 0.350. The number of aryl methyl sites for hydroxylation is 1. The van der Waals surface area contributed by atoms with Crippen LogP contribution in [0.2, 0.25) is 0 Å². The molecule has 0 bridgehead atoms. The second-order valence-electron chi connectivity index (χ2n) is 5.01. The normalized spacial score (nSPS) is 12.7. The molecule has 0 radical (unpaired) electrons. The molecule has 108 valence electrons. The first-order chi connectivity index (χ1) is 10.3. The van der Waals surface area contributed by atoms with Crippen molar-refractivity contribution < 1.29 is 0 Å². The number of nitrogens with zero attached hydrogens (tertiary/aromatic N) is 1. The van der Waals surface area contributed by atoms with Gasteiger partial charge in [0.1, 0.15) is 0 Å². The second-order valence-corrected chi connectivity index (χ2v) is 7.31. The van der Waals surface area contributed by atoms with Gasteiger partial charge in [-0.05, 0) is 31.7 Å². The summed E-state index contributed by atoms with van der Waals surface area (Å²) < 4.78 is 2.40. The number of thioether (sulfide) groups is 1. The SMILES string of the molecule is CNC(CSc1nc2ccccc2s1)c1ccc(C)cc1. The van der Waals surface area contributed by atoms with Crippen LogP contribution in [-0.4, -0.2) is 17.8 Å². The van der Waals surface area contributed by atoms with Gasteiger partial charge in [0.2, 0.25) is 0 Å². The van der Waals surface area contributed by atoms with Gasteiger partial charge in [-0.3, -0.25) is 0 Å². The van der Waals surface area contributed by atoms with E-state index < -0.39 is 0 Å². The molecular weight excluding hydrogens is 296 g/mol. The van der Waals surface area contributed by atoms with Crippen LogP contribution >= 0.6 is 23.1 Å². The Morgan fingerprint density at radius 1 is 1.14 bits per heavy atom. The van der Waals surface area contributed by atoms with Crippen LogP contribution < -0.4 is 5.32 Å². The molecule has 3 aromatic rings. The summed E-state index contributed by atoms with van der Waals surface area (Å²) in [5.41, 5.74) is 3.73. The Hall–Kier alpha value is -1.36. The van der Waals surface area contributed by atoms with Crippen LogP contribution in [0.25, 0.3) is 10.2 Å². The maximum atomic E-state index is 4.68. The number of para-hydroxylation sites is 1. The standard InChI is InChI=1S/C17H18N2S2/c1-12-7-9-13(10-8-12)15(18-2)11-20-17-19-14-5-3-4-6-16(14)21-17/h3-10,15,18H,11H2,1-2H3. The average Bonchev–Trinajstić information content (AvgIpc) is 2.92. The highest BCUT2D eigenvalue weighted by atomic mass is 32.2. The van der Waals surface area contributed by atoms with Crippen LogP contribution in [0.3, 0.4) is 0 Å². The van der Waals surface area contributed by atoms with Gasteiger partial charge in [-0.1, -0.05) is 53.7 Å². The molecule has 0 spiro atoms. The first-order valence-electron chi connectivity index (χ1n) is 6.98. The van der Waals surface area contributed by atoms with E-state index in [1.54, 1.807) is 11.3 Å². The minimum Gasteiger partial charge on any atom is -0.312 e. The van der Waals surface area contributed by atoms with Crippen molar-refractivity contribution >= 4 is 33.3 Å². The van der Waals surface area contributed by atoms with Gasteiger partial charge in [0.05, 0.1) is 10.2 Å². The van der Waals surface area contributed by atoms with E-state index in [9.17, 15) is 0 Å². The van der Waals surface area contributed by atoms with Crippen LogP contribution in [0.5, 0.6) is 0 Å². The Labute approximate surface area is 133 Å². The predicted molar refractivity (Wildman–Crippen MR) is 93.3 cm³/mol. The van der Waals surface area contributed by atoms with Crippen LogP contribution in [-0.2, 0) is 0 Å². The summed E-state index contributed by atoms with van der Waals surface area (Å²) in [4.78, 5) is 4.68. The zero-order valence-corrected chi connectivity index (χ0v) is 13.8. The molecule has 0 amide bonds. The van der Waals surface area contributed by atoms with E-state index in [1.165, 1.54) is 15.8 Å². The largest absolute Gasteiger partial charge is 0.312 e. The van der Waals surface area contributed by atoms with Crippen LogP contribution in [0, 0.1) is 6.92 Å². The third-order valence-corrected chi connectivity index (χ3v) is 5.75. The summed E-state index contributed by atoms with van der Waals surface area (Å²) >= 11 is 3.59. The molecule has 0 aliphatic carbocycles. The summed E-state index contributed by atoms with van der Waals surface area (Å²) in [6.45, 7) is 2.12. The third kappa shape index (κ3) is 3.46. The molecule has 0 fully saturated rings. The van der Waals surface area contributed by atoms with Crippen molar-refractivity contribution in [1.29, 1.82) is 0 Å². The van der Waals surface area contributed by atoms with Crippen molar-refractivity contribution in [2.24, 2.45) is 0 Å². The van der Waals surface area contributed by atoms with Gasteiger partial charge in [0, 0.05) is 11.8 Å². The number of rotatable bonds is 5. The highest BCUT2D eigenvalue weighted by Gasteiger charge is 2.11.